The molecular formula is C23H22Cl2F3N3O3S. The minimum absolute atomic E-state index is 0.0595. The second kappa shape index (κ2) is 9.23. The number of nitrogens with zero attached hydrogens (tertiary/aromatic N) is 1. The molecule has 2 aromatic rings. The van der Waals surface area contributed by atoms with Crippen LogP contribution in [-0.4, -0.2) is 41.7 Å². The molecule has 12 heteroatoms. The number of amides is 1. The highest BCUT2D eigenvalue weighted by molar-refractivity contribution is 7.16. The summed E-state index contributed by atoms with van der Waals surface area (Å²) in [5, 5.41) is 19.7. The van der Waals surface area contributed by atoms with E-state index in [1.165, 1.54) is 18.2 Å². The Hall–Kier alpha value is -1.85. The molecule has 1 fully saturated rings. The van der Waals surface area contributed by atoms with Crippen LogP contribution >= 0.6 is 34.5 Å². The number of aliphatic hydroxyl groups excluding tert-OH is 1. The lowest BCUT2D eigenvalue weighted by molar-refractivity contribution is -0.275. The predicted octanol–water partition coefficient (Wildman–Crippen LogP) is 4.93. The summed E-state index contributed by atoms with van der Waals surface area (Å²) in [6.07, 6.45) is -2.56. The number of hydrogen-bond acceptors (Lipinski definition) is 6. The summed E-state index contributed by atoms with van der Waals surface area (Å²) in [6.45, 7) is 0.584. The van der Waals surface area contributed by atoms with Gasteiger partial charge in [-0.3, -0.25) is 10.1 Å². The third kappa shape index (κ3) is 4.44. The van der Waals surface area contributed by atoms with Crippen LogP contribution in [0.25, 0.3) is 0 Å². The molecule has 0 bridgehead atoms. The predicted molar refractivity (Wildman–Crippen MR) is 127 cm³/mol. The van der Waals surface area contributed by atoms with E-state index in [9.17, 15) is 23.1 Å². The maximum Gasteiger partial charge on any atom is 0.435 e. The lowest BCUT2D eigenvalue weighted by Gasteiger charge is -2.29. The SMILES string of the molecule is O=C(NC1CCN[C@@H]1O)c1sc(C2=NO[C@](c3cc(Cl)cc(Cl)c3)(C(F)(F)F)C2)c2c1CCCC2. The number of thiophene rings is 1. The number of aliphatic hydroxyl groups is 1. The highest BCUT2D eigenvalue weighted by atomic mass is 35.5. The first-order valence-corrected chi connectivity index (χ1v) is 12.8. The number of carbonyl (C=O) groups excluding carboxylic acids is 1. The highest BCUT2D eigenvalue weighted by Gasteiger charge is 2.62. The first-order valence-electron chi connectivity index (χ1n) is 11.2. The second-order valence-electron chi connectivity index (χ2n) is 8.98. The average Bonchev–Trinajstić information content (AvgIpc) is 3.50. The molecule has 0 saturated carbocycles. The van der Waals surface area contributed by atoms with Crippen LogP contribution in [0.15, 0.2) is 23.4 Å². The summed E-state index contributed by atoms with van der Waals surface area (Å²) in [5.41, 5.74) is -1.13. The number of rotatable bonds is 4. The Kier molecular flexibility index (Phi) is 6.54. The van der Waals surface area contributed by atoms with Gasteiger partial charge in [0.1, 0.15) is 11.9 Å². The van der Waals surface area contributed by atoms with Crippen molar-refractivity contribution in [3.63, 3.8) is 0 Å². The molecule has 1 amide bonds. The van der Waals surface area contributed by atoms with Crippen molar-refractivity contribution in [1.82, 2.24) is 10.6 Å². The zero-order valence-corrected chi connectivity index (χ0v) is 20.7. The zero-order valence-electron chi connectivity index (χ0n) is 18.3. The fourth-order valence-electron chi connectivity index (χ4n) is 4.93. The van der Waals surface area contributed by atoms with E-state index in [4.69, 9.17) is 28.0 Å². The second-order valence-corrected chi connectivity index (χ2v) is 10.9. The van der Waals surface area contributed by atoms with Crippen molar-refractivity contribution in [2.24, 2.45) is 5.16 Å². The maximum atomic E-state index is 14.4. The van der Waals surface area contributed by atoms with Gasteiger partial charge in [-0.15, -0.1) is 11.3 Å². The number of halogens is 5. The van der Waals surface area contributed by atoms with Crippen LogP contribution in [-0.2, 0) is 23.3 Å². The molecule has 3 N–H and O–H groups in total. The number of benzene rings is 1. The van der Waals surface area contributed by atoms with Crippen LogP contribution in [0.5, 0.6) is 0 Å². The third-order valence-electron chi connectivity index (χ3n) is 6.71. The molecule has 0 radical (unpaired) electrons. The van der Waals surface area contributed by atoms with Crippen molar-refractivity contribution in [2.45, 2.75) is 62.6 Å². The molecule has 2 aliphatic heterocycles. The van der Waals surface area contributed by atoms with Gasteiger partial charge in [0, 0.05) is 15.6 Å². The van der Waals surface area contributed by atoms with Gasteiger partial charge in [-0.1, -0.05) is 28.4 Å². The molecule has 3 heterocycles. The van der Waals surface area contributed by atoms with Crippen molar-refractivity contribution < 1.29 is 27.9 Å². The van der Waals surface area contributed by atoms with E-state index in [0.29, 0.717) is 35.6 Å². The van der Waals surface area contributed by atoms with E-state index < -0.39 is 30.5 Å². The monoisotopic (exact) mass is 547 g/mol. The van der Waals surface area contributed by atoms with Gasteiger partial charge in [-0.25, -0.2) is 0 Å². The van der Waals surface area contributed by atoms with Gasteiger partial charge in [-0.2, -0.15) is 13.2 Å². The number of oxime groups is 1. The topological polar surface area (TPSA) is 83.0 Å². The van der Waals surface area contributed by atoms with Gasteiger partial charge >= 0.3 is 6.18 Å². The van der Waals surface area contributed by atoms with Crippen molar-refractivity contribution >= 4 is 46.2 Å². The molecule has 1 unspecified atom stereocenters. The minimum Gasteiger partial charge on any atom is -0.376 e. The molecule has 188 valence electrons. The van der Waals surface area contributed by atoms with E-state index in [2.05, 4.69) is 15.8 Å². The lowest BCUT2D eigenvalue weighted by atomic mass is 9.85. The van der Waals surface area contributed by atoms with Gasteiger partial charge in [0.2, 0.25) is 0 Å². The van der Waals surface area contributed by atoms with Gasteiger partial charge in [0.25, 0.3) is 11.5 Å². The molecule has 1 aromatic heterocycles. The molecule has 3 aliphatic rings. The van der Waals surface area contributed by atoms with Crippen LogP contribution in [0.3, 0.4) is 0 Å². The smallest absolute Gasteiger partial charge is 0.376 e. The minimum atomic E-state index is -4.80. The molecule has 35 heavy (non-hydrogen) atoms. The van der Waals surface area contributed by atoms with Crippen molar-refractivity contribution in [1.29, 1.82) is 0 Å². The number of hydrogen-bond donors (Lipinski definition) is 3. The van der Waals surface area contributed by atoms with Crippen LogP contribution in [0.4, 0.5) is 13.2 Å². The summed E-state index contributed by atoms with van der Waals surface area (Å²) in [4.78, 5) is 19.3. The maximum absolute atomic E-state index is 14.4. The summed E-state index contributed by atoms with van der Waals surface area (Å²) >= 11 is 13.1. The fraction of sp³-hybridized carbons (Fsp3) is 0.478. The van der Waals surface area contributed by atoms with Gasteiger partial charge in [0.15, 0.2) is 0 Å². The summed E-state index contributed by atoms with van der Waals surface area (Å²) in [6, 6.07) is 3.29. The van der Waals surface area contributed by atoms with Crippen molar-refractivity contribution in [3.05, 3.63) is 54.7 Å². The summed E-state index contributed by atoms with van der Waals surface area (Å²) < 4.78 is 43.2. The molecule has 1 saturated heterocycles. The Balaban J connectivity index is 1.50. The Labute approximate surface area is 213 Å². The molecule has 5 rings (SSSR count). The van der Waals surface area contributed by atoms with Crippen molar-refractivity contribution in [3.8, 4) is 0 Å². The normalized spacial score (nSPS) is 26.3. The highest BCUT2D eigenvalue weighted by Crippen LogP contribution is 2.51. The standard InChI is InChI=1S/C23H22Cl2F3N3O3S/c24-12-7-11(8-13(25)9-12)22(23(26,27)28)10-17(31-34-22)18-14-3-1-2-4-15(14)19(35-18)21(33)30-16-5-6-29-20(16)32/h7-9,16,20,29,32H,1-6,10H2,(H,30,33)/t16?,20-,22-/m1/s1. The average molecular weight is 548 g/mol. The molecule has 3 atom stereocenters. The van der Waals surface area contributed by atoms with E-state index in [-0.39, 0.29) is 27.2 Å². The van der Waals surface area contributed by atoms with Crippen LogP contribution in [0.2, 0.25) is 10.0 Å². The first kappa shape index (κ1) is 24.8. The molecule has 1 aromatic carbocycles. The first-order chi connectivity index (χ1) is 16.6. The molecule has 6 nitrogen and oxygen atoms in total. The Bertz CT molecular complexity index is 1180. The van der Waals surface area contributed by atoms with E-state index in [1.807, 2.05) is 0 Å². The summed E-state index contributed by atoms with van der Waals surface area (Å²) in [7, 11) is 0. The van der Waals surface area contributed by atoms with Gasteiger partial charge in [-0.05, 0) is 68.0 Å². The number of fused-ring (bicyclic) bond motifs is 1. The lowest BCUT2D eigenvalue weighted by Crippen LogP contribution is -2.43. The molecule has 0 spiro atoms. The van der Waals surface area contributed by atoms with Crippen molar-refractivity contribution in [2.75, 3.05) is 6.54 Å². The molecule has 1 aliphatic carbocycles. The quantitative estimate of drug-likeness (QED) is 0.507. The number of carbonyl (C=O) groups is 1. The fourth-order valence-corrected chi connectivity index (χ4v) is 6.74. The van der Waals surface area contributed by atoms with Gasteiger partial charge < -0.3 is 15.3 Å². The Morgan fingerprint density at radius 2 is 1.89 bits per heavy atom. The van der Waals surface area contributed by atoms with Crippen LogP contribution < -0.4 is 10.6 Å². The Morgan fingerprint density at radius 3 is 2.51 bits per heavy atom. The van der Waals surface area contributed by atoms with Crippen LogP contribution in [0.1, 0.15) is 56.9 Å². The van der Waals surface area contributed by atoms with Gasteiger partial charge in [0.05, 0.1) is 22.2 Å². The zero-order chi connectivity index (χ0) is 25.0. The van der Waals surface area contributed by atoms with E-state index in [1.54, 1.807) is 0 Å². The Morgan fingerprint density at radius 1 is 1.20 bits per heavy atom. The van der Waals surface area contributed by atoms with Crippen LogP contribution in [0, 0.1) is 0 Å². The van der Waals surface area contributed by atoms with E-state index in [0.717, 1.165) is 35.3 Å². The summed E-state index contributed by atoms with van der Waals surface area (Å²) in [5.74, 6) is -0.338. The molecular weight excluding hydrogens is 526 g/mol. The van der Waals surface area contributed by atoms with E-state index >= 15 is 0 Å². The largest absolute Gasteiger partial charge is 0.435 e. The number of alkyl halides is 3. The third-order valence-corrected chi connectivity index (χ3v) is 8.47. The number of nitrogens with one attached hydrogen (secondary N) is 2.